The molecule has 0 aliphatic rings. The summed E-state index contributed by atoms with van der Waals surface area (Å²) in [6.07, 6.45) is 0. The minimum absolute atomic E-state index is 0.161. The van der Waals surface area contributed by atoms with Crippen molar-refractivity contribution in [2.75, 3.05) is 0 Å². The van der Waals surface area contributed by atoms with Crippen molar-refractivity contribution in [1.29, 1.82) is 0 Å². The quantitative estimate of drug-likeness (QED) is 0.886. The smallest absolute Gasteiger partial charge is 0.315 e. The van der Waals surface area contributed by atoms with Gasteiger partial charge in [-0.1, -0.05) is 12.1 Å². The number of halogens is 1. The summed E-state index contributed by atoms with van der Waals surface area (Å²) < 4.78 is 13.7. The van der Waals surface area contributed by atoms with E-state index in [1.807, 2.05) is 0 Å². The van der Waals surface area contributed by atoms with E-state index in [1.54, 1.807) is 26.8 Å². The highest BCUT2D eigenvalue weighted by Gasteiger charge is 2.33. The number of carbonyl (C=O) groups is 1. The third-order valence-corrected chi connectivity index (χ3v) is 2.92. The molecule has 0 radical (unpaired) electrons. The molecule has 1 aromatic carbocycles. The second kappa shape index (κ2) is 4.01. The van der Waals surface area contributed by atoms with Crippen LogP contribution in [0.3, 0.4) is 0 Å². The van der Waals surface area contributed by atoms with Gasteiger partial charge in [0.15, 0.2) is 0 Å². The molecule has 5 heteroatoms. The lowest BCUT2D eigenvalue weighted by molar-refractivity contribution is -0.142. The van der Waals surface area contributed by atoms with E-state index in [-0.39, 0.29) is 5.52 Å². The van der Waals surface area contributed by atoms with Gasteiger partial charge in [0.1, 0.15) is 22.6 Å². The molecule has 0 aliphatic carbocycles. The first kappa shape index (κ1) is 12.4. The number of carboxylic acids is 1. The Morgan fingerprint density at radius 3 is 2.61 bits per heavy atom. The molecule has 0 aliphatic heterocycles. The maximum absolute atomic E-state index is 13.7. The fourth-order valence-electron chi connectivity index (χ4n) is 1.81. The normalized spacial score (nSPS) is 11.8. The summed E-state index contributed by atoms with van der Waals surface area (Å²) in [6, 6.07) is 4.46. The summed E-state index contributed by atoms with van der Waals surface area (Å²) in [5.41, 5.74) is -0.703. The van der Waals surface area contributed by atoms with E-state index in [1.165, 1.54) is 12.1 Å². The lowest BCUT2D eigenvalue weighted by Crippen LogP contribution is -2.30. The first-order chi connectivity index (χ1) is 8.34. The third-order valence-electron chi connectivity index (χ3n) is 2.92. The van der Waals surface area contributed by atoms with Gasteiger partial charge in [0.05, 0.1) is 5.69 Å². The van der Waals surface area contributed by atoms with Crippen LogP contribution in [0.2, 0.25) is 0 Å². The first-order valence-electron chi connectivity index (χ1n) is 5.51. The predicted octanol–water partition coefficient (Wildman–Crippen LogP) is 2.44. The number of aryl methyl sites for hydroxylation is 1. The van der Waals surface area contributed by atoms with Gasteiger partial charge in [-0.15, -0.1) is 0 Å². The van der Waals surface area contributed by atoms with Crippen LogP contribution in [-0.2, 0) is 10.2 Å². The van der Waals surface area contributed by atoms with E-state index in [0.29, 0.717) is 16.9 Å². The molecule has 0 fully saturated rings. The highest BCUT2D eigenvalue weighted by molar-refractivity contribution is 5.89. The van der Waals surface area contributed by atoms with Crippen molar-refractivity contribution in [2.24, 2.45) is 0 Å². The topological polar surface area (TPSA) is 63.1 Å². The van der Waals surface area contributed by atoms with Crippen molar-refractivity contribution in [3.05, 3.63) is 35.5 Å². The fourth-order valence-corrected chi connectivity index (χ4v) is 1.81. The number of fused-ring (bicyclic) bond motifs is 1. The standard InChI is InChI=1S/C13H13FN2O2/c1-7-15-10-8(5-4-6-9(10)14)11(16-7)13(2,3)12(17)18/h4-6H,1-3H3,(H,17,18). The van der Waals surface area contributed by atoms with Gasteiger partial charge in [0.25, 0.3) is 0 Å². The van der Waals surface area contributed by atoms with E-state index < -0.39 is 17.2 Å². The van der Waals surface area contributed by atoms with Crippen LogP contribution in [0.15, 0.2) is 18.2 Å². The highest BCUT2D eigenvalue weighted by atomic mass is 19.1. The van der Waals surface area contributed by atoms with Gasteiger partial charge in [-0.25, -0.2) is 14.4 Å². The number of nitrogens with zero attached hydrogens (tertiary/aromatic N) is 2. The fraction of sp³-hybridized carbons (Fsp3) is 0.308. The Hall–Kier alpha value is -2.04. The molecule has 2 aromatic rings. The number of benzene rings is 1. The molecule has 0 atom stereocenters. The number of carboxylic acid groups (broad SMARTS) is 1. The van der Waals surface area contributed by atoms with Gasteiger partial charge in [0, 0.05) is 5.39 Å². The zero-order valence-electron chi connectivity index (χ0n) is 10.4. The lowest BCUT2D eigenvalue weighted by atomic mass is 9.86. The van der Waals surface area contributed by atoms with Gasteiger partial charge >= 0.3 is 5.97 Å². The van der Waals surface area contributed by atoms with Gasteiger partial charge < -0.3 is 5.11 Å². The number of rotatable bonds is 2. The molecule has 18 heavy (non-hydrogen) atoms. The molecular formula is C13H13FN2O2. The lowest BCUT2D eigenvalue weighted by Gasteiger charge is -2.20. The Bertz CT molecular complexity index is 638. The van der Waals surface area contributed by atoms with Gasteiger partial charge in [-0.05, 0) is 26.8 Å². The zero-order valence-corrected chi connectivity index (χ0v) is 10.4. The van der Waals surface area contributed by atoms with E-state index in [2.05, 4.69) is 9.97 Å². The number of hydrogen-bond donors (Lipinski definition) is 1. The number of aromatic nitrogens is 2. The Balaban J connectivity index is 2.87. The number of hydrogen-bond acceptors (Lipinski definition) is 3. The van der Waals surface area contributed by atoms with Crippen LogP contribution in [0, 0.1) is 12.7 Å². The van der Waals surface area contributed by atoms with Gasteiger partial charge in [0.2, 0.25) is 0 Å². The van der Waals surface area contributed by atoms with Crippen molar-refractivity contribution < 1.29 is 14.3 Å². The van der Waals surface area contributed by atoms with Crippen LogP contribution in [0.4, 0.5) is 4.39 Å². The van der Waals surface area contributed by atoms with Gasteiger partial charge in [-0.2, -0.15) is 0 Å². The average Bonchev–Trinajstić information content (AvgIpc) is 2.29. The molecule has 0 spiro atoms. The maximum Gasteiger partial charge on any atom is 0.315 e. The van der Waals surface area contributed by atoms with Crippen LogP contribution >= 0.6 is 0 Å². The predicted molar refractivity (Wildman–Crippen MR) is 64.9 cm³/mol. The highest BCUT2D eigenvalue weighted by Crippen LogP contribution is 2.29. The van der Waals surface area contributed by atoms with Crippen molar-refractivity contribution in [2.45, 2.75) is 26.2 Å². The summed E-state index contributed by atoms with van der Waals surface area (Å²) in [6.45, 7) is 4.70. The van der Waals surface area contributed by atoms with E-state index in [9.17, 15) is 14.3 Å². The number of aliphatic carboxylic acids is 1. The summed E-state index contributed by atoms with van der Waals surface area (Å²) in [4.78, 5) is 19.5. The summed E-state index contributed by atoms with van der Waals surface area (Å²) >= 11 is 0. The Morgan fingerprint density at radius 2 is 2.00 bits per heavy atom. The zero-order chi connectivity index (χ0) is 13.5. The van der Waals surface area contributed by atoms with E-state index in [4.69, 9.17) is 0 Å². The molecule has 2 rings (SSSR count). The molecule has 0 amide bonds. The van der Waals surface area contributed by atoms with Crippen molar-refractivity contribution in [3.63, 3.8) is 0 Å². The summed E-state index contributed by atoms with van der Waals surface area (Å²) in [7, 11) is 0. The molecule has 0 saturated heterocycles. The Morgan fingerprint density at radius 1 is 1.33 bits per heavy atom. The van der Waals surface area contributed by atoms with Crippen LogP contribution in [-0.4, -0.2) is 21.0 Å². The molecule has 0 unspecified atom stereocenters. The second-order valence-corrected chi connectivity index (χ2v) is 4.69. The summed E-state index contributed by atoms with van der Waals surface area (Å²) in [5, 5.41) is 9.70. The van der Waals surface area contributed by atoms with Crippen molar-refractivity contribution >= 4 is 16.9 Å². The molecular weight excluding hydrogens is 235 g/mol. The van der Waals surface area contributed by atoms with Crippen LogP contribution in [0.25, 0.3) is 10.9 Å². The van der Waals surface area contributed by atoms with Crippen LogP contribution in [0.5, 0.6) is 0 Å². The molecule has 0 bridgehead atoms. The van der Waals surface area contributed by atoms with Crippen molar-refractivity contribution in [1.82, 2.24) is 9.97 Å². The Labute approximate surface area is 103 Å². The molecule has 1 heterocycles. The molecule has 1 N–H and O–H groups in total. The largest absolute Gasteiger partial charge is 0.481 e. The minimum Gasteiger partial charge on any atom is -0.481 e. The van der Waals surface area contributed by atoms with E-state index >= 15 is 0 Å². The summed E-state index contributed by atoms with van der Waals surface area (Å²) in [5.74, 6) is -1.12. The van der Waals surface area contributed by atoms with Crippen LogP contribution in [0.1, 0.15) is 25.4 Å². The maximum atomic E-state index is 13.7. The molecule has 0 saturated carbocycles. The van der Waals surface area contributed by atoms with Crippen molar-refractivity contribution in [3.8, 4) is 0 Å². The second-order valence-electron chi connectivity index (χ2n) is 4.69. The third kappa shape index (κ3) is 1.81. The minimum atomic E-state index is -1.19. The van der Waals surface area contributed by atoms with E-state index in [0.717, 1.165) is 0 Å². The average molecular weight is 248 g/mol. The van der Waals surface area contributed by atoms with Crippen LogP contribution < -0.4 is 0 Å². The molecule has 1 aromatic heterocycles. The number of para-hydroxylation sites is 1. The SMILES string of the molecule is Cc1nc(C(C)(C)C(=O)O)c2cccc(F)c2n1. The Kier molecular flexibility index (Phi) is 2.77. The molecule has 94 valence electrons. The van der Waals surface area contributed by atoms with Gasteiger partial charge in [-0.3, -0.25) is 4.79 Å². The molecule has 4 nitrogen and oxygen atoms in total. The first-order valence-corrected chi connectivity index (χ1v) is 5.51. The monoisotopic (exact) mass is 248 g/mol.